The molecule has 0 unspecified atom stereocenters. The van der Waals surface area contributed by atoms with Gasteiger partial charge in [-0.25, -0.2) is 0 Å². The Morgan fingerprint density at radius 3 is 2.73 bits per heavy atom. The number of hydrogen-bond donors (Lipinski definition) is 2. The molecule has 0 heterocycles. The summed E-state index contributed by atoms with van der Waals surface area (Å²) in [4.78, 5) is 0. The van der Waals surface area contributed by atoms with Gasteiger partial charge < -0.3 is 10.4 Å². The molecule has 0 saturated heterocycles. The van der Waals surface area contributed by atoms with Gasteiger partial charge in [0.1, 0.15) is 0 Å². The first kappa shape index (κ1) is 10.8. The molecule has 2 N–H and O–H groups in total. The van der Waals surface area contributed by atoms with Crippen LogP contribution in [0.5, 0.6) is 0 Å². The summed E-state index contributed by atoms with van der Waals surface area (Å²) >= 11 is 6.08. The molecule has 1 fully saturated rings. The molecule has 1 saturated carbocycles. The van der Waals surface area contributed by atoms with Gasteiger partial charge in [-0.15, -0.1) is 0 Å². The Hall–Kier alpha value is -0.730. The topological polar surface area (TPSA) is 32.3 Å². The number of halogens is 1. The summed E-state index contributed by atoms with van der Waals surface area (Å²) in [6.45, 7) is 2.60. The van der Waals surface area contributed by atoms with Crippen molar-refractivity contribution in [2.45, 2.75) is 31.8 Å². The molecule has 0 atom stereocenters. The molecule has 0 aromatic heterocycles. The predicted octanol–water partition coefficient (Wildman–Crippen LogP) is 2.98. The number of rotatable bonds is 3. The molecule has 1 aromatic rings. The van der Waals surface area contributed by atoms with Gasteiger partial charge in [-0.3, -0.25) is 0 Å². The summed E-state index contributed by atoms with van der Waals surface area (Å²) < 4.78 is 0. The van der Waals surface area contributed by atoms with Crippen LogP contribution in [0.3, 0.4) is 0 Å². The maximum Gasteiger partial charge on any atom is 0.0819 e. The molecule has 0 aliphatic heterocycles. The van der Waals surface area contributed by atoms with E-state index < -0.39 is 5.60 Å². The Labute approximate surface area is 95.3 Å². The first-order valence-electron chi connectivity index (χ1n) is 5.31. The third-order valence-corrected chi connectivity index (χ3v) is 3.33. The molecule has 0 amide bonds. The largest absolute Gasteiger partial charge is 0.388 e. The van der Waals surface area contributed by atoms with E-state index in [1.54, 1.807) is 0 Å². The average molecular weight is 226 g/mol. The zero-order valence-electron chi connectivity index (χ0n) is 8.89. The van der Waals surface area contributed by atoms with Gasteiger partial charge in [0.05, 0.1) is 16.3 Å². The quantitative estimate of drug-likeness (QED) is 0.829. The van der Waals surface area contributed by atoms with Crippen molar-refractivity contribution in [3.63, 3.8) is 0 Å². The second-order valence-corrected chi connectivity index (χ2v) is 4.82. The normalized spacial score (nSPS) is 18.3. The zero-order valence-corrected chi connectivity index (χ0v) is 9.64. The molecular formula is C12H16ClNO. The van der Waals surface area contributed by atoms with Gasteiger partial charge in [-0.1, -0.05) is 17.7 Å². The highest BCUT2D eigenvalue weighted by molar-refractivity contribution is 6.33. The molecule has 2 nitrogen and oxygen atoms in total. The van der Waals surface area contributed by atoms with Crippen LogP contribution in [-0.4, -0.2) is 17.3 Å². The molecule has 82 valence electrons. The monoisotopic (exact) mass is 225 g/mol. The van der Waals surface area contributed by atoms with Crippen molar-refractivity contribution in [1.29, 1.82) is 0 Å². The van der Waals surface area contributed by atoms with Gasteiger partial charge >= 0.3 is 0 Å². The fraction of sp³-hybridized carbons (Fsp3) is 0.500. The smallest absolute Gasteiger partial charge is 0.0819 e. The zero-order chi connectivity index (χ0) is 10.9. The van der Waals surface area contributed by atoms with E-state index in [0.29, 0.717) is 6.54 Å². The lowest BCUT2D eigenvalue weighted by Gasteiger charge is -2.37. The molecule has 0 radical (unpaired) electrons. The Morgan fingerprint density at radius 1 is 1.47 bits per heavy atom. The van der Waals surface area contributed by atoms with Crippen LogP contribution in [0.15, 0.2) is 18.2 Å². The van der Waals surface area contributed by atoms with E-state index in [1.807, 2.05) is 25.1 Å². The van der Waals surface area contributed by atoms with E-state index in [9.17, 15) is 5.11 Å². The fourth-order valence-corrected chi connectivity index (χ4v) is 2.09. The van der Waals surface area contributed by atoms with Crippen LogP contribution < -0.4 is 5.32 Å². The minimum atomic E-state index is -0.506. The molecule has 1 aromatic carbocycles. The number of aryl methyl sites for hydroxylation is 1. The van der Waals surface area contributed by atoms with Crippen LogP contribution >= 0.6 is 11.6 Å². The van der Waals surface area contributed by atoms with E-state index in [1.165, 1.54) is 0 Å². The number of hydrogen-bond acceptors (Lipinski definition) is 2. The van der Waals surface area contributed by atoms with Gasteiger partial charge in [0.25, 0.3) is 0 Å². The van der Waals surface area contributed by atoms with E-state index >= 15 is 0 Å². The van der Waals surface area contributed by atoms with Crippen molar-refractivity contribution in [3.05, 3.63) is 28.8 Å². The lowest BCUT2D eigenvalue weighted by Crippen LogP contribution is -2.43. The molecule has 0 spiro atoms. The number of nitrogens with one attached hydrogen (secondary N) is 1. The predicted molar refractivity (Wildman–Crippen MR) is 63.5 cm³/mol. The highest BCUT2D eigenvalue weighted by Gasteiger charge is 2.33. The fourth-order valence-electron chi connectivity index (χ4n) is 1.78. The van der Waals surface area contributed by atoms with Crippen LogP contribution in [-0.2, 0) is 0 Å². The van der Waals surface area contributed by atoms with Crippen molar-refractivity contribution in [2.24, 2.45) is 0 Å². The Morgan fingerprint density at radius 2 is 2.20 bits per heavy atom. The van der Waals surface area contributed by atoms with Gasteiger partial charge in [0, 0.05) is 6.54 Å². The van der Waals surface area contributed by atoms with Gasteiger partial charge in [-0.05, 0) is 43.9 Å². The van der Waals surface area contributed by atoms with Crippen molar-refractivity contribution < 1.29 is 5.11 Å². The van der Waals surface area contributed by atoms with Crippen molar-refractivity contribution in [3.8, 4) is 0 Å². The first-order chi connectivity index (χ1) is 7.09. The number of aliphatic hydroxyl groups is 1. The minimum absolute atomic E-state index is 0.506. The highest BCUT2D eigenvalue weighted by Crippen LogP contribution is 2.32. The summed E-state index contributed by atoms with van der Waals surface area (Å²) in [7, 11) is 0. The van der Waals surface area contributed by atoms with Crippen LogP contribution in [0.4, 0.5) is 5.69 Å². The first-order valence-corrected chi connectivity index (χ1v) is 5.69. The number of benzene rings is 1. The van der Waals surface area contributed by atoms with Crippen molar-refractivity contribution >= 4 is 17.3 Å². The molecular weight excluding hydrogens is 210 g/mol. The van der Waals surface area contributed by atoms with Crippen LogP contribution in [0, 0.1) is 6.92 Å². The van der Waals surface area contributed by atoms with Crippen molar-refractivity contribution in [2.75, 3.05) is 11.9 Å². The third kappa shape index (κ3) is 2.44. The minimum Gasteiger partial charge on any atom is -0.388 e. The van der Waals surface area contributed by atoms with E-state index in [2.05, 4.69) is 5.32 Å². The van der Waals surface area contributed by atoms with E-state index in [4.69, 9.17) is 11.6 Å². The molecule has 3 heteroatoms. The van der Waals surface area contributed by atoms with E-state index in [0.717, 1.165) is 35.5 Å². The lowest BCUT2D eigenvalue weighted by atomic mass is 9.80. The lowest BCUT2D eigenvalue weighted by molar-refractivity contribution is -0.0201. The Kier molecular flexibility index (Phi) is 2.89. The molecule has 1 aliphatic rings. The SMILES string of the molecule is Cc1ccc(NCC2(O)CCC2)c(Cl)c1. The van der Waals surface area contributed by atoms with Crippen LogP contribution in [0.2, 0.25) is 5.02 Å². The van der Waals surface area contributed by atoms with Crippen LogP contribution in [0.25, 0.3) is 0 Å². The van der Waals surface area contributed by atoms with Gasteiger partial charge in [-0.2, -0.15) is 0 Å². The number of anilines is 1. The summed E-state index contributed by atoms with van der Waals surface area (Å²) in [6, 6.07) is 5.90. The molecule has 2 rings (SSSR count). The summed E-state index contributed by atoms with van der Waals surface area (Å²) in [5.74, 6) is 0. The highest BCUT2D eigenvalue weighted by atomic mass is 35.5. The second kappa shape index (κ2) is 4.03. The van der Waals surface area contributed by atoms with Gasteiger partial charge in [0.2, 0.25) is 0 Å². The summed E-state index contributed by atoms with van der Waals surface area (Å²) in [5.41, 5.74) is 1.55. The van der Waals surface area contributed by atoms with E-state index in [-0.39, 0.29) is 0 Å². The van der Waals surface area contributed by atoms with Crippen molar-refractivity contribution in [1.82, 2.24) is 0 Å². The molecule has 1 aliphatic carbocycles. The maximum absolute atomic E-state index is 9.91. The second-order valence-electron chi connectivity index (χ2n) is 4.41. The average Bonchev–Trinajstić information content (AvgIpc) is 2.14. The Balaban J connectivity index is 1.98. The maximum atomic E-state index is 9.91. The standard InChI is InChI=1S/C12H16ClNO/c1-9-3-4-11(10(13)7-9)14-8-12(15)5-2-6-12/h3-4,7,14-15H,2,5-6,8H2,1H3. The molecule has 0 bridgehead atoms. The van der Waals surface area contributed by atoms with Crippen LogP contribution in [0.1, 0.15) is 24.8 Å². The molecule has 15 heavy (non-hydrogen) atoms. The summed E-state index contributed by atoms with van der Waals surface area (Å²) in [5, 5.41) is 13.8. The Bertz CT molecular complexity index is 361. The summed E-state index contributed by atoms with van der Waals surface area (Å²) in [6.07, 6.45) is 2.91. The van der Waals surface area contributed by atoms with Gasteiger partial charge in [0.15, 0.2) is 0 Å². The third-order valence-electron chi connectivity index (χ3n) is 3.02.